The third-order valence-corrected chi connectivity index (χ3v) is 14.5. The standard InChI is InChI=1S/C39H68N2O5/c1-24(2)44-26-22-37(13)28-17-16-27-35(10,11)29(41(15)32(43)46-34(7,8)9)18-19-38(27)23-39(28,38)21-20-36(37,12)30(26)25(3)40(14)31(42)45-33(4,5)6/h24-30H,16-23H2,1-15H3/t25-,26+,27-,28-,29-,30-,36+,37-,38+,39-/m0/s1. The molecule has 0 aromatic rings. The molecule has 5 aliphatic rings. The van der Waals surface area contributed by atoms with Crippen LogP contribution in [0.4, 0.5) is 9.59 Å². The Labute approximate surface area is 281 Å². The van der Waals surface area contributed by atoms with E-state index >= 15 is 0 Å². The van der Waals surface area contributed by atoms with E-state index in [0.717, 1.165) is 12.8 Å². The fraction of sp³-hybridized carbons (Fsp3) is 0.949. The van der Waals surface area contributed by atoms with E-state index in [1.54, 1.807) is 0 Å². The maximum Gasteiger partial charge on any atom is 0.410 e. The van der Waals surface area contributed by atoms with Crippen molar-refractivity contribution in [3.63, 3.8) is 0 Å². The van der Waals surface area contributed by atoms with Crippen molar-refractivity contribution >= 4 is 12.2 Å². The Kier molecular flexibility index (Phi) is 8.56. The van der Waals surface area contributed by atoms with Gasteiger partial charge in [0.2, 0.25) is 0 Å². The average Bonchev–Trinajstić information content (AvgIpc) is 3.49. The lowest BCUT2D eigenvalue weighted by Crippen LogP contribution is -2.61. The molecule has 0 saturated heterocycles. The molecule has 0 aliphatic heterocycles. The average molecular weight is 645 g/mol. The summed E-state index contributed by atoms with van der Waals surface area (Å²) in [6.45, 7) is 28.3. The van der Waals surface area contributed by atoms with Crippen molar-refractivity contribution in [3.05, 3.63) is 0 Å². The van der Waals surface area contributed by atoms with E-state index in [2.05, 4.69) is 48.5 Å². The first kappa shape index (κ1) is 35.8. The normalized spacial score (nSPS) is 41.8. The van der Waals surface area contributed by atoms with Crippen molar-refractivity contribution in [2.75, 3.05) is 14.1 Å². The second kappa shape index (κ2) is 11.0. The molecule has 46 heavy (non-hydrogen) atoms. The first-order valence-electron chi connectivity index (χ1n) is 18.4. The molecule has 5 fully saturated rings. The van der Waals surface area contributed by atoms with Crippen LogP contribution in [-0.4, -0.2) is 71.6 Å². The monoisotopic (exact) mass is 645 g/mol. The Morgan fingerprint density at radius 2 is 1.28 bits per heavy atom. The zero-order chi connectivity index (χ0) is 34.6. The van der Waals surface area contributed by atoms with Gasteiger partial charge in [0.15, 0.2) is 0 Å². The molecule has 2 spiro atoms. The van der Waals surface area contributed by atoms with Crippen LogP contribution < -0.4 is 0 Å². The molecule has 264 valence electrons. The van der Waals surface area contributed by atoms with Gasteiger partial charge in [-0.1, -0.05) is 27.7 Å². The van der Waals surface area contributed by atoms with E-state index < -0.39 is 11.2 Å². The number of nitrogens with zero attached hydrogens (tertiary/aromatic N) is 2. The van der Waals surface area contributed by atoms with Crippen LogP contribution in [0.3, 0.4) is 0 Å². The van der Waals surface area contributed by atoms with Gasteiger partial charge < -0.3 is 24.0 Å². The topological polar surface area (TPSA) is 68.3 Å². The van der Waals surface area contributed by atoms with E-state index in [-0.39, 0.29) is 58.6 Å². The molecule has 0 heterocycles. The lowest BCUT2D eigenvalue weighted by molar-refractivity contribution is -0.153. The molecule has 0 N–H and O–H groups in total. The molecular weight excluding hydrogens is 576 g/mol. The summed E-state index contributed by atoms with van der Waals surface area (Å²) in [5.74, 6) is 1.48. The van der Waals surface area contributed by atoms with E-state index in [4.69, 9.17) is 14.2 Å². The number of hydrogen-bond donors (Lipinski definition) is 0. The Balaban J connectivity index is 1.43. The number of carbonyl (C=O) groups is 2. The summed E-state index contributed by atoms with van der Waals surface area (Å²) in [4.78, 5) is 30.4. The van der Waals surface area contributed by atoms with Crippen LogP contribution in [0.5, 0.6) is 0 Å². The zero-order valence-electron chi connectivity index (χ0n) is 32.1. The smallest absolute Gasteiger partial charge is 0.410 e. The maximum absolute atomic E-state index is 13.3. The molecule has 0 aromatic carbocycles. The van der Waals surface area contributed by atoms with Crippen molar-refractivity contribution in [3.8, 4) is 0 Å². The van der Waals surface area contributed by atoms with Gasteiger partial charge in [-0.15, -0.1) is 0 Å². The van der Waals surface area contributed by atoms with Crippen LogP contribution >= 0.6 is 0 Å². The largest absolute Gasteiger partial charge is 0.444 e. The van der Waals surface area contributed by atoms with Gasteiger partial charge in [-0.05, 0) is 153 Å². The summed E-state index contributed by atoms with van der Waals surface area (Å²) in [5, 5.41) is 0. The number of amides is 2. The van der Waals surface area contributed by atoms with E-state index in [1.807, 2.05) is 65.4 Å². The third-order valence-electron chi connectivity index (χ3n) is 14.5. The van der Waals surface area contributed by atoms with Crippen molar-refractivity contribution in [2.45, 2.75) is 177 Å². The molecular formula is C39H68N2O5. The van der Waals surface area contributed by atoms with E-state index in [1.165, 1.54) is 38.5 Å². The van der Waals surface area contributed by atoms with Gasteiger partial charge in [0.25, 0.3) is 0 Å². The predicted octanol–water partition coefficient (Wildman–Crippen LogP) is 9.32. The molecule has 0 unspecified atom stereocenters. The molecule has 0 aromatic heterocycles. The highest BCUT2D eigenvalue weighted by atomic mass is 16.6. The Bertz CT molecular complexity index is 1200. The molecule has 5 aliphatic carbocycles. The Morgan fingerprint density at radius 1 is 0.739 bits per heavy atom. The highest BCUT2D eigenvalue weighted by Gasteiger charge is 2.83. The molecule has 10 atom stereocenters. The second-order valence-electron chi connectivity index (χ2n) is 19.8. The van der Waals surface area contributed by atoms with Crippen molar-refractivity contribution < 1.29 is 23.8 Å². The maximum atomic E-state index is 13.3. The van der Waals surface area contributed by atoms with Crippen LogP contribution in [0.25, 0.3) is 0 Å². The highest BCUT2D eigenvalue weighted by Crippen LogP contribution is 2.89. The molecule has 7 heteroatoms. The Hall–Kier alpha value is -1.50. The zero-order valence-corrected chi connectivity index (χ0v) is 32.1. The minimum Gasteiger partial charge on any atom is -0.444 e. The lowest BCUT2D eigenvalue weighted by atomic mass is 9.41. The van der Waals surface area contributed by atoms with Crippen LogP contribution in [0.2, 0.25) is 0 Å². The van der Waals surface area contributed by atoms with Gasteiger partial charge in [0.1, 0.15) is 11.2 Å². The van der Waals surface area contributed by atoms with Crippen molar-refractivity contribution in [1.29, 1.82) is 0 Å². The fourth-order valence-electron chi connectivity index (χ4n) is 12.6. The molecule has 0 radical (unpaired) electrons. The quantitative estimate of drug-likeness (QED) is 0.298. The predicted molar refractivity (Wildman–Crippen MR) is 184 cm³/mol. The number of ether oxygens (including phenoxy) is 3. The summed E-state index contributed by atoms with van der Waals surface area (Å²) in [5.41, 5.74) is -0.0951. The van der Waals surface area contributed by atoms with Gasteiger partial charge in [-0.25, -0.2) is 9.59 Å². The number of rotatable bonds is 5. The first-order chi connectivity index (χ1) is 20.9. The van der Waals surface area contributed by atoms with Crippen LogP contribution in [-0.2, 0) is 14.2 Å². The van der Waals surface area contributed by atoms with E-state index in [0.29, 0.717) is 22.7 Å². The summed E-state index contributed by atoms with van der Waals surface area (Å²) < 4.78 is 18.5. The highest BCUT2D eigenvalue weighted by molar-refractivity contribution is 5.68. The fourth-order valence-corrected chi connectivity index (χ4v) is 12.6. The van der Waals surface area contributed by atoms with Crippen molar-refractivity contribution in [1.82, 2.24) is 9.80 Å². The van der Waals surface area contributed by atoms with Gasteiger partial charge in [0.05, 0.1) is 12.2 Å². The lowest BCUT2D eigenvalue weighted by Gasteiger charge is -2.64. The van der Waals surface area contributed by atoms with Crippen molar-refractivity contribution in [2.24, 2.45) is 44.8 Å². The molecule has 5 rings (SSSR count). The van der Waals surface area contributed by atoms with Crippen LogP contribution in [0.1, 0.15) is 141 Å². The van der Waals surface area contributed by atoms with Gasteiger partial charge in [-0.2, -0.15) is 0 Å². The number of carbonyl (C=O) groups excluding carboxylic acids is 2. The second-order valence-corrected chi connectivity index (χ2v) is 19.8. The number of fused-ring (bicyclic) bond motifs is 2. The van der Waals surface area contributed by atoms with Gasteiger partial charge >= 0.3 is 12.2 Å². The number of hydrogen-bond acceptors (Lipinski definition) is 5. The molecule has 7 nitrogen and oxygen atoms in total. The summed E-state index contributed by atoms with van der Waals surface area (Å²) >= 11 is 0. The molecule has 0 bridgehead atoms. The van der Waals surface area contributed by atoms with Crippen LogP contribution in [0.15, 0.2) is 0 Å². The summed E-state index contributed by atoms with van der Waals surface area (Å²) in [6, 6.07) is 0.183. The minimum atomic E-state index is -0.530. The first-order valence-corrected chi connectivity index (χ1v) is 18.4. The summed E-state index contributed by atoms with van der Waals surface area (Å²) in [7, 11) is 3.88. The van der Waals surface area contributed by atoms with Crippen LogP contribution in [0, 0.1) is 44.8 Å². The molecule has 2 amide bonds. The Morgan fingerprint density at radius 3 is 1.85 bits per heavy atom. The van der Waals surface area contributed by atoms with Gasteiger partial charge in [0, 0.05) is 32.1 Å². The van der Waals surface area contributed by atoms with E-state index in [9.17, 15) is 9.59 Å². The minimum absolute atomic E-state index is 0.00161. The van der Waals surface area contributed by atoms with Gasteiger partial charge in [-0.3, -0.25) is 0 Å². The summed E-state index contributed by atoms with van der Waals surface area (Å²) in [6.07, 6.45) is 9.32. The molecule has 5 saturated carbocycles. The third kappa shape index (κ3) is 5.30. The SMILES string of the molecule is CC(C)O[C@@H]1C[C@@]2(C)[C@@H]3CC[C@H]4C(C)(C)[C@@H](N(C)C(=O)OC(C)(C)C)CC[C@@]45C[C@@]35CC[C@]2(C)[C@H]1[C@H](C)N(C)C(=O)OC(C)(C)C.